The Morgan fingerprint density at radius 2 is 2.33 bits per heavy atom. The summed E-state index contributed by atoms with van der Waals surface area (Å²) in [6.07, 6.45) is -2.43. The topological polar surface area (TPSA) is 60.7 Å². The smallest absolute Gasteiger partial charge is 0.100 e. The molecule has 0 fully saturated rings. The van der Waals surface area contributed by atoms with Crippen LogP contribution in [0.1, 0.15) is 2.74 Å². The normalized spacial score (nSPS) is 29.8. The second-order valence-corrected chi connectivity index (χ2v) is 0.779. The molecule has 3 N–H and O–H groups in total. The summed E-state index contributed by atoms with van der Waals surface area (Å²) in [5, 5.41) is 24.6. The van der Waals surface area contributed by atoms with Gasteiger partial charge in [0.05, 0.1) is 15.9 Å². The van der Waals surface area contributed by atoms with Gasteiger partial charge in [-0.3, -0.25) is 0 Å². The van der Waals surface area contributed by atoms with E-state index in [1.807, 2.05) is 0 Å². The number of hydrogen-bond donors (Lipinski definition) is 3. The van der Waals surface area contributed by atoms with Gasteiger partial charge in [-0.1, -0.05) is 0 Å². The number of aliphatic hydroxyl groups is 3. The minimum absolute atomic E-state index is 0.933. The van der Waals surface area contributed by atoms with Crippen LogP contribution in [-0.4, -0.2) is 34.6 Å². The summed E-state index contributed by atoms with van der Waals surface area (Å²) in [4.78, 5) is 0. The highest BCUT2D eigenvalue weighted by Gasteiger charge is 1.93. The Bertz CT molecular complexity index is 72.9. The van der Waals surface area contributed by atoms with Crippen LogP contribution in [0.5, 0.6) is 0 Å². The molecule has 0 aromatic heterocycles. The Kier molecular flexibility index (Phi) is 1.52. The molecular formula is C3H8O3. The molecule has 0 amide bonds. The van der Waals surface area contributed by atoms with Crippen molar-refractivity contribution in [3.05, 3.63) is 0 Å². The molecule has 0 aliphatic rings. The SMILES string of the molecule is [2H][13C@H](O)[C@]([2H])(O)CO. The fourth-order valence-electron chi connectivity index (χ4n) is 0.0408. The lowest BCUT2D eigenvalue weighted by atomic mass is 10.6. The molecule has 0 aromatic rings. The molecule has 6 heavy (non-hydrogen) atoms. The van der Waals surface area contributed by atoms with Crippen LogP contribution in [0.15, 0.2) is 0 Å². The summed E-state index contributed by atoms with van der Waals surface area (Å²) in [5.41, 5.74) is 0. The molecule has 0 saturated carbocycles. The van der Waals surface area contributed by atoms with Crippen LogP contribution in [0.4, 0.5) is 0 Å². The molecule has 0 aromatic carbocycles. The number of aliphatic hydroxyl groups excluding tert-OH is 2. The molecule has 3 nitrogen and oxygen atoms in total. The Hall–Kier alpha value is -0.120. The third-order valence-corrected chi connectivity index (χ3v) is 0.311. The van der Waals surface area contributed by atoms with Gasteiger partial charge in [0, 0.05) is 0 Å². The molecule has 0 unspecified atom stereocenters. The molecule has 0 saturated heterocycles. The van der Waals surface area contributed by atoms with E-state index < -0.39 is 19.3 Å². The lowest BCUT2D eigenvalue weighted by Crippen LogP contribution is -2.15. The van der Waals surface area contributed by atoms with Gasteiger partial charge in [0.15, 0.2) is 0 Å². The highest BCUT2D eigenvalue weighted by molar-refractivity contribution is 4.43. The molecule has 0 spiro atoms. The summed E-state index contributed by atoms with van der Waals surface area (Å²) >= 11 is 0. The monoisotopic (exact) mass is 95.1 g/mol. The van der Waals surface area contributed by atoms with Crippen molar-refractivity contribution in [2.24, 2.45) is 0 Å². The van der Waals surface area contributed by atoms with Crippen molar-refractivity contribution in [3.63, 3.8) is 0 Å². The minimum Gasteiger partial charge on any atom is -0.394 e. The van der Waals surface area contributed by atoms with E-state index in [1.165, 1.54) is 0 Å². The largest absolute Gasteiger partial charge is 0.394 e. The van der Waals surface area contributed by atoms with E-state index in [2.05, 4.69) is 0 Å². The lowest BCUT2D eigenvalue weighted by molar-refractivity contribution is 0.0450. The maximum atomic E-state index is 8.38. The van der Waals surface area contributed by atoms with Gasteiger partial charge in [0.25, 0.3) is 0 Å². The molecule has 0 aliphatic heterocycles. The second-order valence-electron chi connectivity index (χ2n) is 0.779. The van der Waals surface area contributed by atoms with Gasteiger partial charge in [0.1, 0.15) is 6.08 Å². The fraction of sp³-hybridized carbons (Fsp3) is 1.00. The van der Waals surface area contributed by atoms with Crippen molar-refractivity contribution >= 4 is 0 Å². The van der Waals surface area contributed by atoms with Gasteiger partial charge >= 0.3 is 0 Å². The van der Waals surface area contributed by atoms with Crippen LogP contribution in [-0.2, 0) is 0 Å². The summed E-state index contributed by atoms with van der Waals surface area (Å²) in [7, 11) is 0. The van der Waals surface area contributed by atoms with Crippen LogP contribution >= 0.6 is 0 Å². The predicted molar refractivity (Wildman–Crippen MR) is 20.2 cm³/mol. The molecule has 0 heterocycles. The lowest BCUT2D eigenvalue weighted by Gasteiger charge is -1.96. The van der Waals surface area contributed by atoms with Crippen LogP contribution in [0.25, 0.3) is 0 Å². The Morgan fingerprint density at radius 3 is 2.33 bits per heavy atom. The quantitative estimate of drug-likeness (QED) is 0.359. The van der Waals surface area contributed by atoms with Crippen molar-refractivity contribution in [3.8, 4) is 0 Å². The van der Waals surface area contributed by atoms with E-state index in [0.29, 0.717) is 0 Å². The molecule has 0 rings (SSSR count). The molecular weight excluding hydrogens is 85.0 g/mol. The first kappa shape index (κ1) is 2.96. The van der Waals surface area contributed by atoms with Crippen LogP contribution in [0.2, 0.25) is 0 Å². The molecule has 38 valence electrons. The predicted octanol–water partition coefficient (Wildman–Crippen LogP) is -1.67. The van der Waals surface area contributed by atoms with Gasteiger partial charge in [-0.05, 0) is 0 Å². The minimum atomic E-state index is -2.43. The van der Waals surface area contributed by atoms with E-state index in [-0.39, 0.29) is 0 Å². The van der Waals surface area contributed by atoms with Crippen molar-refractivity contribution in [2.45, 2.75) is 6.08 Å². The first-order valence-corrected chi connectivity index (χ1v) is 1.44. The van der Waals surface area contributed by atoms with Gasteiger partial charge in [-0.25, -0.2) is 0 Å². The second kappa shape index (κ2) is 3.08. The average Bonchev–Trinajstić information content (AvgIpc) is 1.67. The van der Waals surface area contributed by atoms with Gasteiger partial charge < -0.3 is 15.3 Å². The summed E-state index contributed by atoms with van der Waals surface area (Å²) in [5.74, 6) is 0. The zero-order chi connectivity index (χ0) is 6.78. The van der Waals surface area contributed by atoms with Gasteiger partial charge in [0.2, 0.25) is 0 Å². The Morgan fingerprint density at radius 1 is 1.83 bits per heavy atom. The van der Waals surface area contributed by atoms with Gasteiger partial charge in [-0.2, -0.15) is 0 Å². The van der Waals surface area contributed by atoms with Crippen molar-refractivity contribution in [1.29, 1.82) is 0 Å². The van der Waals surface area contributed by atoms with E-state index in [0.717, 1.165) is 0 Å². The zero-order valence-electron chi connectivity index (χ0n) is 5.13. The highest BCUT2D eigenvalue weighted by Crippen LogP contribution is 1.71. The Balaban J connectivity index is 3.71. The number of hydrogen-bond acceptors (Lipinski definition) is 3. The molecule has 3 heteroatoms. The summed E-state index contributed by atoms with van der Waals surface area (Å²) < 4.78 is 12.8. The van der Waals surface area contributed by atoms with E-state index in [9.17, 15) is 0 Å². The molecule has 0 aliphatic carbocycles. The highest BCUT2D eigenvalue weighted by atomic mass is 16.4. The maximum absolute atomic E-state index is 8.38. The van der Waals surface area contributed by atoms with E-state index >= 15 is 0 Å². The maximum Gasteiger partial charge on any atom is 0.100 e. The standard InChI is InChI=1S/C3H8O3/c4-1-3(6)2-5/h3-6H,1-2H2/i1+1D,3D/t1-,3-/m0/s1. The van der Waals surface area contributed by atoms with Crippen LogP contribution < -0.4 is 0 Å². The summed E-state index contributed by atoms with van der Waals surface area (Å²) in [6.45, 7) is -2.90. The van der Waals surface area contributed by atoms with E-state index in [1.54, 1.807) is 0 Å². The van der Waals surface area contributed by atoms with Crippen molar-refractivity contribution in [2.75, 3.05) is 13.2 Å². The third-order valence-electron chi connectivity index (χ3n) is 0.311. The van der Waals surface area contributed by atoms with Crippen molar-refractivity contribution in [1.82, 2.24) is 0 Å². The van der Waals surface area contributed by atoms with Gasteiger partial charge in [-0.15, -0.1) is 0 Å². The van der Waals surface area contributed by atoms with Crippen LogP contribution in [0, 0.1) is 0 Å². The first-order valence-electron chi connectivity index (χ1n) is 2.52. The molecule has 0 bridgehead atoms. The van der Waals surface area contributed by atoms with Crippen LogP contribution in [0.3, 0.4) is 0 Å². The fourth-order valence-corrected chi connectivity index (χ4v) is 0.0408. The average molecular weight is 95.1 g/mol. The van der Waals surface area contributed by atoms with E-state index in [4.69, 9.17) is 18.1 Å². The van der Waals surface area contributed by atoms with Crippen molar-refractivity contribution < 1.29 is 18.1 Å². The molecule has 0 radical (unpaired) electrons. The Labute approximate surface area is 38.7 Å². The summed E-state index contributed by atoms with van der Waals surface area (Å²) in [6, 6.07) is 0. The zero-order valence-corrected chi connectivity index (χ0v) is 3.13. The molecule has 2 atom stereocenters. The first-order chi connectivity index (χ1) is 3.50. The third kappa shape index (κ3) is 2.14. The number of rotatable bonds is 2.